The van der Waals surface area contributed by atoms with E-state index in [2.05, 4.69) is 26.1 Å². The molecular weight excluding hydrogens is 342 g/mol. The smallest absolute Gasteiger partial charge is 0.220 e. The summed E-state index contributed by atoms with van der Waals surface area (Å²) in [6.45, 7) is 7.75. The van der Waals surface area contributed by atoms with Crippen LogP contribution in [-0.4, -0.2) is 30.9 Å². The van der Waals surface area contributed by atoms with Gasteiger partial charge in [-0.25, -0.2) is 0 Å². The number of ketones is 1. The molecule has 3 rings (SSSR count). The lowest BCUT2D eigenvalue weighted by atomic mass is 9.69. The van der Waals surface area contributed by atoms with Crippen molar-refractivity contribution in [3.63, 3.8) is 0 Å². The molecule has 1 aromatic rings. The van der Waals surface area contributed by atoms with Crippen LogP contribution in [0.25, 0.3) is 0 Å². The van der Waals surface area contributed by atoms with E-state index >= 15 is 0 Å². The number of carbonyl (C=O) groups is 2. The van der Waals surface area contributed by atoms with Crippen LogP contribution in [-0.2, 0) is 4.79 Å². The quantitative estimate of drug-likeness (QED) is 0.788. The van der Waals surface area contributed by atoms with Crippen molar-refractivity contribution in [2.75, 3.05) is 13.2 Å². The highest BCUT2D eigenvalue weighted by atomic mass is 16.6. The Hall–Kier alpha value is -2.04. The number of benzene rings is 1. The molecule has 2 aliphatic rings. The van der Waals surface area contributed by atoms with Gasteiger partial charge in [-0.2, -0.15) is 0 Å². The number of nitrogens with one attached hydrogen (secondary N) is 1. The largest absolute Gasteiger partial charge is 0.486 e. The maximum atomic E-state index is 12.5. The van der Waals surface area contributed by atoms with Crippen molar-refractivity contribution < 1.29 is 19.1 Å². The van der Waals surface area contributed by atoms with Gasteiger partial charge in [0.15, 0.2) is 17.3 Å². The zero-order valence-corrected chi connectivity index (χ0v) is 16.7. The fraction of sp³-hybridized carbons (Fsp3) is 0.636. The predicted molar refractivity (Wildman–Crippen MR) is 104 cm³/mol. The topological polar surface area (TPSA) is 64.6 Å². The van der Waals surface area contributed by atoms with Crippen LogP contribution < -0.4 is 14.8 Å². The first kappa shape index (κ1) is 19.7. The summed E-state index contributed by atoms with van der Waals surface area (Å²) in [6.07, 6.45) is 5.01. The fourth-order valence-corrected chi connectivity index (χ4v) is 4.21. The van der Waals surface area contributed by atoms with Gasteiger partial charge in [-0.1, -0.05) is 33.6 Å². The number of carbonyl (C=O) groups excluding carboxylic acids is 2. The van der Waals surface area contributed by atoms with Crippen molar-refractivity contribution in [3.05, 3.63) is 23.8 Å². The Bertz CT molecular complexity index is 692. The van der Waals surface area contributed by atoms with Crippen molar-refractivity contribution in [2.24, 2.45) is 11.3 Å². The lowest BCUT2D eigenvalue weighted by Crippen LogP contribution is -2.46. The number of ether oxygens (including phenoxy) is 2. The van der Waals surface area contributed by atoms with Crippen LogP contribution in [0.4, 0.5) is 0 Å². The van der Waals surface area contributed by atoms with E-state index in [1.54, 1.807) is 18.2 Å². The monoisotopic (exact) mass is 373 g/mol. The van der Waals surface area contributed by atoms with Gasteiger partial charge in [0.05, 0.1) is 0 Å². The molecule has 27 heavy (non-hydrogen) atoms. The Morgan fingerprint density at radius 2 is 1.74 bits per heavy atom. The maximum absolute atomic E-state index is 12.5. The molecule has 2 unspecified atom stereocenters. The number of hydrogen-bond acceptors (Lipinski definition) is 4. The molecule has 1 fully saturated rings. The molecule has 5 nitrogen and oxygen atoms in total. The highest BCUT2D eigenvalue weighted by molar-refractivity contribution is 5.98. The Balaban J connectivity index is 1.53. The lowest BCUT2D eigenvalue weighted by Gasteiger charge is -2.40. The Kier molecular flexibility index (Phi) is 6.08. The summed E-state index contributed by atoms with van der Waals surface area (Å²) in [6, 6.07) is 5.43. The Morgan fingerprint density at radius 3 is 2.48 bits per heavy atom. The highest BCUT2D eigenvalue weighted by Gasteiger charge is 2.34. The van der Waals surface area contributed by atoms with Crippen LogP contribution in [0.3, 0.4) is 0 Å². The lowest BCUT2D eigenvalue weighted by molar-refractivity contribution is -0.122. The summed E-state index contributed by atoms with van der Waals surface area (Å²) in [5, 5.41) is 3.20. The van der Waals surface area contributed by atoms with Gasteiger partial charge in [0.2, 0.25) is 5.91 Å². The molecule has 5 heteroatoms. The van der Waals surface area contributed by atoms with Crippen molar-refractivity contribution in [1.29, 1.82) is 0 Å². The molecule has 1 heterocycles. The first-order chi connectivity index (χ1) is 12.8. The minimum atomic E-state index is -0.0434. The van der Waals surface area contributed by atoms with E-state index in [-0.39, 0.29) is 36.0 Å². The molecule has 148 valence electrons. The summed E-state index contributed by atoms with van der Waals surface area (Å²) in [5.41, 5.74) is 0.747. The molecule has 0 spiro atoms. The number of Topliss-reactive ketones (excluding diaryl/α,β-unsaturated/α-hetero) is 1. The maximum Gasteiger partial charge on any atom is 0.220 e. The standard InChI is InChI=1S/C22H31NO4/c1-22(2,3)16-6-4-5-7-17(16)23-21(25)11-9-18(24)15-8-10-19-20(14-15)27-13-12-26-19/h8,10,14,16-17H,4-7,9,11-13H2,1-3H3,(H,23,25). The van der Waals surface area contributed by atoms with Gasteiger partial charge in [-0.05, 0) is 42.4 Å². The van der Waals surface area contributed by atoms with Crippen LogP contribution in [0.15, 0.2) is 18.2 Å². The average Bonchev–Trinajstić information content (AvgIpc) is 2.65. The van der Waals surface area contributed by atoms with Crippen LogP contribution >= 0.6 is 0 Å². The van der Waals surface area contributed by atoms with Crippen molar-refractivity contribution in [3.8, 4) is 11.5 Å². The Labute approximate surface area is 161 Å². The highest BCUT2D eigenvalue weighted by Crippen LogP contribution is 2.38. The van der Waals surface area contributed by atoms with Gasteiger partial charge in [-0.15, -0.1) is 0 Å². The SMILES string of the molecule is CC(C)(C)C1CCCCC1NC(=O)CCC(=O)c1ccc2c(c1)OCCO2. The molecule has 0 radical (unpaired) electrons. The number of amides is 1. The molecule has 2 atom stereocenters. The summed E-state index contributed by atoms with van der Waals surface area (Å²) in [4.78, 5) is 24.9. The second-order valence-electron chi connectivity index (χ2n) is 8.71. The van der Waals surface area contributed by atoms with E-state index in [1.807, 2.05) is 0 Å². The van der Waals surface area contributed by atoms with Gasteiger partial charge >= 0.3 is 0 Å². The molecule has 1 amide bonds. The van der Waals surface area contributed by atoms with Gasteiger partial charge in [0.1, 0.15) is 13.2 Å². The van der Waals surface area contributed by atoms with Crippen LogP contribution in [0.5, 0.6) is 11.5 Å². The molecule has 1 N–H and O–H groups in total. The normalized spacial score (nSPS) is 22.2. The third kappa shape index (κ3) is 5.02. The summed E-state index contributed by atoms with van der Waals surface area (Å²) >= 11 is 0. The molecule has 0 aromatic heterocycles. The third-order valence-electron chi connectivity index (χ3n) is 5.67. The van der Waals surface area contributed by atoms with Gasteiger partial charge in [0.25, 0.3) is 0 Å². The van der Waals surface area contributed by atoms with E-state index in [0.29, 0.717) is 36.2 Å². The van der Waals surface area contributed by atoms with Gasteiger partial charge < -0.3 is 14.8 Å². The van der Waals surface area contributed by atoms with E-state index in [0.717, 1.165) is 19.3 Å². The van der Waals surface area contributed by atoms with E-state index < -0.39 is 0 Å². The Morgan fingerprint density at radius 1 is 1.04 bits per heavy atom. The minimum absolute atomic E-state index is 0.0259. The average molecular weight is 373 g/mol. The zero-order valence-electron chi connectivity index (χ0n) is 16.7. The van der Waals surface area contributed by atoms with Crippen molar-refractivity contribution in [2.45, 2.75) is 65.3 Å². The first-order valence-electron chi connectivity index (χ1n) is 10.1. The molecule has 0 bridgehead atoms. The second kappa shape index (κ2) is 8.32. The minimum Gasteiger partial charge on any atom is -0.486 e. The number of fused-ring (bicyclic) bond motifs is 1. The molecule has 1 saturated carbocycles. The fourth-order valence-electron chi connectivity index (χ4n) is 4.21. The number of hydrogen-bond donors (Lipinski definition) is 1. The molecule has 1 aromatic carbocycles. The first-order valence-corrected chi connectivity index (χ1v) is 10.1. The van der Waals surface area contributed by atoms with Crippen LogP contribution in [0, 0.1) is 11.3 Å². The van der Waals surface area contributed by atoms with Crippen LogP contribution in [0.2, 0.25) is 0 Å². The van der Waals surface area contributed by atoms with E-state index in [4.69, 9.17) is 9.47 Å². The van der Waals surface area contributed by atoms with Crippen molar-refractivity contribution >= 4 is 11.7 Å². The van der Waals surface area contributed by atoms with E-state index in [1.165, 1.54) is 6.42 Å². The number of rotatable bonds is 5. The van der Waals surface area contributed by atoms with E-state index in [9.17, 15) is 9.59 Å². The summed E-state index contributed by atoms with van der Waals surface area (Å²) in [7, 11) is 0. The van der Waals surface area contributed by atoms with Crippen molar-refractivity contribution in [1.82, 2.24) is 5.32 Å². The summed E-state index contributed by atoms with van der Waals surface area (Å²) in [5.74, 6) is 1.69. The van der Waals surface area contributed by atoms with Gasteiger partial charge in [0, 0.05) is 24.4 Å². The van der Waals surface area contributed by atoms with Crippen LogP contribution in [0.1, 0.15) is 69.7 Å². The molecule has 1 aliphatic carbocycles. The molecular formula is C22H31NO4. The predicted octanol–water partition coefficient (Wildman–Crippen LogP) is 4.14. The molecule has 0 saturated heterocycles. The third-order valence-corrected chi connectivity index (χ3v) is 5.67. The van der Waals surface area contributed by atoms with Gasteiger partial charge in [-0.3, -0.25) is 9.59 Å². The molecule has 1 aliphatic heterocycles. The second-order valence-corrected chi connectivity index (χ2v) is 8.71. The zero-order chi connectivity index (χ0) is 19.4. The summed E-state index contributed by atoms with van der Waals surface area (Å²) < 4.78 is 11.0.